The van der Waals surface area contributed by atoms with E-state index in [1.165, 1.54) is 22.5 Å². The first-order valence-corrected chi connectivity index (χ1v) is 13.1. The molecule has 18 nitrogen and oxygen atoms in total. The highest BCUT2D eigenvalue weighted by atomic mass is 16.2. The van der Waals surface area contributed by atoms with E-state index >= 15 is 0 Å². The Labute approximate surface area is 238 Å². The first kappa shape index (κ1) is 28.1. The molecule has 0 fully saturated rings. The molecule has 6 heterocycles. The molecule has 4 aromatic heterocycles. The lowest BCUT2D eigenvalue weighted by atomic mass is 10.2. The summed E-state index contributed by atoms with van der Waals surface area (Å²) in [5, 5.41) is 26.2. The normalized spacial score (nSPS) is 18.3. The predicted molar refractivity (Wildman–Crippen MR) is 145 cm³/mol. The van der Waals surface area contributed by atoms with Gasteiger partial charge in [0.15, 0.2) is 0 Å². The number of hydrogen-bond donors (Lipinski definition) is 4. The second-order valence-corrected chi connectivity index (χ2v) is 9.83. The van der Waals surface area contributed by atoms with Crippen LogP contribution in [-0.2, 0) is 22.7 Å². The van der Waals surface area contributed by atoms with Gasteiger partial charge in [-0.25, -0.2) is 19.3 Å². The Morgan fingerprint density at radius 1 is 0.762 bits per heavy atom. The SMILES string of the molecule is Cc1cc2n(n1)CC[C@@H](NC(=O)c1ncn[nH]1)C(=O)N2C.Cc1cc2n(n1)CC[C@H](NC(=O)c1ncn[nH]1)C(=O)N2C. The van der Waals surface area contributed by atoms with Crippen LogP contribution in [0.5, 0.6) is 0 Å². The Hall–Kier alpha value is -5.42. The van der Waals surface area contributed by atoms with E-state index in [9.17, 15) is 19.2 Å². The number of hydrogen-bond acceptors (Lipinski definition) is 10. The molecule has 6 rings (SSSR count). The van der Waals surface area contributed by atoms with E-state index in [4.69, 9.17) is 0 Å². The fourth-order valence-corrected chi connectivity index (χ4v) is 4.73. The van der Waals surface area contributed by atoms with Crippen molar-refractivity contribution in [3.63, 3.8) is 0 Å². The van der Waals surface area contributed by atoms with Crippen molar-refractivity contribution >= 4 is 35.3 Å². The number of aryl methyl sites for hydroxylation is 4. The molecule has 2 atom stereocenters. The number of carbonyl (C=O) groups excluding carboxylic acids is 4. The zero-order valence-electron chi connectivity index (χ0n) is 23.4. The van der Waals surface area contributed by atoms with Gasteiger partial charge in [0.05, 0.1) is 11.4 Å². The number of H-pyrrole nitrogens is 2. The van der Waals surface area contributed by atoms with Crippen molar-refractivity contribution < 1.29 is 19.2 Å². The van der Waals surface area contributed by atoms with E-state index in [0.717, 1.165) is 23.0 Å². The van der Waals surface area contributed by atoms with Crippen LogP contribution in [0.2, 0.25) is 0 Å². The molecule has 18 heteroatoms. The number of aromatic nitrogens is 10. The van der Waals surface area contributed by atoms with Gasteiger partial charge in [0.25, 0.3) is 23.6 Å². The summed E-state index contributed by atoms with van der Waals surface area (Å²) in [6.45, 7) is 4.87. The zero-order chi connectivity index (χ0) is 30.0. The lowest BCUT2D eigenvalue weighted by molar-refractivity contribution is -0.120. The molecule has 0 aromatic carbocycles. The maximum atomic E-state index is 12.4. The molecule has 4 N–H and O–H groups in total. The summed E-state index contributed by atoms with van der Waals surface area (Å²) in [7, 11) is 3.35. The van der Waals surface area contributed by atoms with Crippen molar-refractivity contribution in [2.24, 2.45) is 0 Å². The third kappa shape index (κ3) is 5.72. The Morgan fingerprint density at radius 2 is 1.17 bits per heavy atom. The number of nitrogens with zero attached hydrogens (tertiary/aromatic N) is 10. The maximum Gasteiger partial charge on any atom is 0.289 e. The highest BCUT2D eigenvalue weighted by Gasteiger charge is 2.32. The molecule has 0 radical (unpaired) electrons. The van der Waals surface area contributed by atoms with Gasteiger partial charge in [-0.05, 0) is 26.7 Å². The molecule has 42 heavy (non-hydrogen) atoms. The van der Waals surface area contributed by atoms with Crippen molar-refractivity contribution in [1.29, 1.82) is 0 Å². The Bertz CT molecular complexity index is 1470. The molecule has 2 aliphatic rings. The quantitative estimate of drug-likeness (QED) is 0.230. The van der Waals surface area contributed by atoms with Crippen molar-refractivity contribution in [3.05, 3.63) is 47.8 Å². The molecule has 4 aromatic rings. The first-order chi connectivity index (χ1) is 20.1. The Kier molecular flexibility index (Phi) is 7.76. The summed E-state index contributed by atoms with van der Waals surface area (Å²) < 4.78 is 3.54. The van der Waals surface area contributed by atoms with Crippen LogP contribution < -0.4 is 20.4 Å². The molecule has 220 valence electrons. The van der Waals surface area contributed by atoms with Crippen LogP contribution in [0.1, 0.15) is 45.5 Å². The van der Waals surface area contributed by atoms with Crippen molar-refractivity contribution in [2.75, 3.05) is 23.9 Å². The zero-order valence-corrected chi connectivity index (χ0v) is 23.4. The van der Waals surface area contributed by atoms with Crippen LogP contribution >= 0.6 is 0 Å². The summed E-state index contributed by atoms with van der Waals surface area (Å²) >= 11 is 0. The summed E-state index contributed by atoms with van der Waals surface area (Å²) in [4.78, 5) is 59.4. The van der Waals surface area contributed by atoms with Gasteiger partial charge in [-0.1, -0.05) is 0 Å². The standard InChI is InChI=1S/2C12H15N7O2/c2*1-7-5-9-18(2)12(21)8(3-4-19(9)17-7)15-11(20)10-13-6-14-16-10/h2*5-6,8H,3-4H2,1-2H3,(H,15,20)(H,13,14,16)/t2*8-/m10/s1. The lowest BCUT2D eigenvalue weighted by Gasteiger charge is -2.19. The highest BCUT2D eigenvalue weighted by molar-refractivity contribution is 6.01. The van der Waals surface area contributed by atoms with Gasteiger partial charge in [-0.3, -0.25) is 39.2 Å². The number of anilines is 2. The monoisotopic (exact) mass is 578 g/mol. The van der Waals surface area contributed by atoms with E-state index < -0.39 is 23.9 Å². The number of rotatable bonds is 4. The topological polar surface area (TPSA) is 218 Å². The Morgan fingerprint density at radius 3 is 1.52 bits per heavy atom. The van der Waals surface area contributed by atoms with Crippen molar-refractivity contribution in [2.45, 2.75) is 51.9 Å². The molecule has 0 spiro atoms. The summed E-state index contributed by atoms with van der Waals surface area (Å²) in [5.41, 5.74) is 1.71. The average molecular weight is 579 g/mol. The summed E-state index contributed by atoms with van der Waals surface area (Å²) in [6.07, 6.45) is 3.43. The van der Waals surface area contributed by atoms with Gasteiger partial charge >= 0.3 is 0 Å². The molecule has 0 aliphatic carbocycles. The summed E-state index contributed by atoms with van der Waals surface area (Å²) in [6, 6.07) is 2.46. The van der Waals surface area contributed by atoms with E-state index in [1.807, 2.05) is 26.0 Å². The highest BCUT2D eigenvalue weighted by Crippen LogP contribution is 2.22. The van der Waals surface area contributed by atoms with Gasteiger partial charge in [0, 0.05) is 39.3 Å². The largest absolute Gasteiger partial charge is 0.337 e. The number of carbonyl (C=O) groups is 4. The fourth-order valence-electron chi connectivity index (χ4n) is 4.73. The number of aromatic amines is 2. The van der Waals surface area contributed by atoms with Gasteiger partial charge in [-0.2, -0.15) is 20.4 Å². The second kappa shape index (κ2) is 11.6. The first-order valence-electron chi connectivity index (χ1n) is 13.1. The number of fused-ring (bicyclic) bond motifs is 2. The minimum Gasteiger partial charge on any atom is -0.337 e. The molecular weight excluding hydrogens is 548 g/mol. The molecule has 4 amide bonds. The minimum absolute atomic E-state index is 0.0864. The minimum atomic E-state index is -0.616. The molecule has 0 bridgehead atoms. The smallest absolute Gasteiger partial charge is 0.289 e. The molecule has 0 saturated carbocycles. The number of likely N-dealkylation sites (N-methyl/N-ethyl adjacent to an activating group) is 2. The van der Waals surface area contributed by atoms with E-state index in [-0.39, 0.29) is 23.5 Å². The third-order valence-electron chi connectivity index (χ3n) is 6.84. The molecular formula is C24H30N14O4. The summed E-state index contributed by atoms with van der Waals surface area (Å²) in [5.74, 6) is 0.377. The Balaban J connectivity index is 0.000000168. The van der Waals surface area contributed by atoms with E-state index in [2.05, 4.69) is 51.2 Å². The van der Waals surface area contributed by atoms with Crippen LogP contribution in [0.4, 0.5) is 11.6 Å². The van der Waals surface area contributed by atoms with Gasteiger partial charge in [0.1, 0.15) is 36.4 Å². The second-order valence-electron chi connectivity index (χ2n) is 9.83. The average Bonchev–Trinajstić information content (AvgIpc) is 3.78. The van der Waals surface area contributed by atoms with Gasteiger partial charge in [0.2, 0.25) is 11.6 Å². The number of nitrogens with one attached hydrogen (secondary N) is 4. The maximum absolute atomic E-state index is 12.4. The fraction of sp³-hybridized carbons (Fsp3) is 0.417. The van der Waals surface area contributed by atoms with Crippen LogP contribution in [0.25, 0.3) is 0 Å². The van der Waals surface area contributed by atoms with E-state index in [0.29, 0.717) is 25.9 Å². The molecule has 0 unspecified atom stereocenters. The van der Waals surface area contributed by atoms with Crippen LogP contribution in [0.3, 0.4) is 0 Å². The van der Waals surface area contributed by atoms with Crippen LogP contribution in [-0.4, -0.2) is 99.7 Å². The van der Waals surface area contributed by atoms with Gasteiger partial charge in [-0.15, -0.1) is 0 Å². The molecule has 0 saturated heterocycles. The predicted octanol–water partition coefficient (Wildman–Crippen LogP) is -1.05. The number of amides is 4. The van der Waals surface area contributed by atoms with Crippen LogP contribution in [0, 0.1) is 13.8 Å². The lowest BCUT2D eigenvalue weighted by Crippen LogP contribution is -2.47. The third-order valence-corrected chi connectivity index (χ3v) is 6.84. The van der Waals surface area contributed by atoms with Gasteiger partial charge < -0.3 is 10.6 Å². The van der Waals surface area contributed by atoms with Crippen molar-refractivity contribution in [3.8, 4) is 0 Å². The van der Waals surface area contributed by atoms with Crippen LogP contribution in [0.15, 0.2) is 24.8 Å². The van der Waals surface area contributed by atoms with E-state index in [1.54, 1.807) is 23.5 Å². The molecule has 2 aliphatic heterocycles. The van der Waals surface area contributed by atoms with Crippen molar-refractivity contribution in [1.82, 2.24) is 60.6 Å².